The molecule has 0 atom stereocenters. The van der Waals surface area contributed by atoms with Gasteiger partial charge in [0, 0.05) is 11.1 Å². The number of carbonyl (C=O) groups excluding carboxylic acids is 2. The zero-order chi connectivity index (χ0) is 23.3. The molecule has 2 heteroatoms. The summed E-state index contributed by atoms with van der Waals surface area (Å²) in [7, 11) is 0. The highest BCUT2D eigenvalue weighted by Crippen LogP contribution is 2.21. The van der Waals surface area contributed by atoms with Crippen molar-refractivity contribution in [2.45, 2.75) is 0 Å². The molecule has 5 aromatic rings. The molecule has 0 aliphatic rings. The first kappa shape index (κ1) is 21.3. The lowest BCUT2D eigenvalue weighted by Gasteiger charge is -2.03. The summed E-state index contributed by atoms with van der Waals surface area (Å²) in [6.07, 6.45) is 6.85. The fourth-order valence-electron chi connectivity index (χ4n) is 4.12. The summed E-state index contributed by atoms with van der Waals surface area (Å²) in [6, 6.07) is 35.1. The van der Waals surface area contributed by atoms with Crippen molar-refractivity contribution in [1.82, 2.24) is 0 Å². The predicted molar refractivity (Wildman–Crippen MR) is 141 cm³/mol. The Hall–Kier alpha value is -4.56. The van der Waals surface area contributed by atoms with Crippen molar-refractivity contribution >= 4 is 45.3 Å². The van der Waals surface area contributed by atoms with E-state index in [1.165, 1.54) is 0 Å². The molecule has 2 nitrogen and oxygen atoms in total. The fraction of sp³-hybridized carbons (Fsp3) is 0. The molecule has 0 saturated heterocycles. The molecule has 0 N–H and O–H groups in total. The van der Waals surface area contributed by atoms with E-state index in [1.807, 2.05) is 121 Å². The summed E-state index contributed by atoms with van der Waals surface area (Å²) in [5.41, 5.74) is 3.24. The lowest BCUT2D eigenvalue weighted by Crippen LogP contribution is -1.95. The third kappa shape index (κ3) is 4.48. The minimum Gasteiger partial charge on any atom is -0.289 e. The molecule has 0 saturated carbocycles. The van der Waals surface area contributed by atoms with Gasteiger partial charge in [-0.1, -0.05) is 121 Å². The van der Waals surface area contributed by atoms with Crippen molar-refractivity contribution in [2.24, 2.45) is 0 Å². The smallest absolute Gasteiger partial charge is 0.186 e. The van der Waals surface area contributed by atoms with Crippen LogP contribution in [0.2, 0.25) is 0 Å². The maximum Gasteiger partial charge on any atom is 0.186 e. The normalized spacial score (nSPS) is 11.5. The van der Waals surface area contributed by atoms with E-state index in [0.717, 1.165) is 32.7 Å². The molecule has 0 fully saturated rings. The average Bonchev–Trinajstić information content (AvgIpc) is 2.90. The summed E-state index contributed by atoms with van der Waals surface area (Å²) in [5, 5.41) is 4.01. The van der Waals surface area contributed by atoms with Gasteiger partial charge in [0.25, 0.3) is 0 Å². The molecule has 5 aromatic carbocycles. The molecule has 0 heterocycles. The molecule has 5 rings (SSSR count). The monoisotopic (exact) mass is 438 g/mol. The Kier molecular flexibility index (Phi) is 5.96. The van der Waals surface area contributed by atoms with E-state index in [4.69, 9.17) is 0 Å². The van der Waals surface area contributed by atoms with E-state index in [2.05, 4.69) is 0 Å². The third-order valence-electron chi connectivity index (χ3n) is 5.90. The second-order valence-electron chi connectivity index (χ2n) is 8.12. The van der Waals surface area contributed by atoms with Gasteiger partial charge in [-0.25, -0.2) is 0 Å². The van der Waals surface area contributed by atoms with Gasteiger partial charge in [0.15, 0.2) is 11.6 Å². The van der Waals surface area contributed by atoms with Crippen LogP contribution in [-0.4, -0.2) is 11.6 Å². The molecule has 0 amide bonds. The van der Waals surface area contributed by atoms with Crippen LogP contribution in [0.4, 0.5) is 0 Å². The molecule has 0 spiro atoms. The Bertz CT molecular complexity index is 1440. The van der Waals surface area contributed by atoms with Crippen molar-refractivity contribution in [3.63, 3.8) is 0 Å². The van der Waals surface area contributed by atoms with Crippen LogP contribution in [0.15, 0.2) is 121 Å². The van der Waals surface area contributed by atoms with Gasteiger partial charge in [-0.3, -0.25) is 9.59 Å². The largest absolute Gasteiger partial charge is 0.289 e. The van der Waals surface area contributed by atoms with Gasteiger partial charge in [-0.15, -0.1) is 0 Å². The van der Waals surface area contributed by atoms with Gasteiger partial charge < -0.3 is 0 Å². The van der Waals surface area contributed by atoms with Crippen LogP contribution in [-0.2, 0) is 0 Å². The van der Waals surface area contributed by atoms with Gasteiger partial charge >= 0.3 is 0 Å². The summed E-state index contributed by atoms with van der Waals surface area (Å²) in [6.45, 7) is 0. The number of carbonyl (C=O) groups is 2. The molecule has 0 aromatic heterocycles. The topological polar surface area (TPSA) is 34.1 Å². The average molecular weight is 439 g/mol. The second kappa shape index (κ2) is 9.51. The molecule has 0 aliphatic heterocycles. The zero-order valence-electron chi connectivity index (χ0n) is 18.5. The lowest BCUT2D eigenvalue weighted by atomic mass is 10.0. The molecule has 0 unspecified atom stereocenters. The van der Waals surface area contributed by atoms with E-state index in [9.17, 15) is 9.59 Å². The summed E-state index contributed by atoms with van der Waals surface area (Å²) in [5.74, 6) is -0.0529. The summed E-state index contributed by atoms with van der Waals surface area (Å²) in [4.78, 5) is 25.5. The Morgan fingerprint density at radius 2 is 0.824 bits per heavy atom. The molecule has 162 valence electrons. The second-order valence-corrected chi connectivity index (χ2v) is 8.12. The summed E-state index contributed by atoms with van der Waals surface area (Å²) < 4.78 is 0. The number of hydrogen-bond acceptors (Lipinski definition) is 2. The van der Waals surface area contributed by atoms with Gasteiger partial charge in [-0.2, -0.15) is 0 Å². The van der Waals surface area contributed by atoms with Crippen molar-refractivity contribution in [2.75, 3.05) is 0 Å². The number of ketones is 2. The van der Waals surface area contributed by atoms with Crippen LogP contribution in [0.3, 0.4) is 0 Å². The SMILES string of the molecule is O=C(/C=C\c1ccc(/C=C/C(=O)c2cccc3ccccc23)cc1)c1cccc2ccccc12. The lowest BCUT2D eigenvalue weighted by molar-refractivity contribution is 0.104. The first-order chi connectivity index (χ1) is 16.7. The van der Waals surface area contributed by atoms with Crippen LogP contribution < -0.4 is 0 Å². The van der Waals surface area contributed by atoms with Crippen LogP contribution in [0.1, 0.15) is 31.8 Å². The molecule has 0 aliphatic carbocycles. The Labute approximate surface area is 198 Å². The first-order valence-corrected chi connectivity index (χ1v) is 11.2. The van der Waals surface area contributed by atoms with E-state index in [0.29, 0.717) is 11.1 Å². The van der Waals surface area contributed by atoms with E-state index >= 15 is 0 Å². The van der Waals surface area contributed by atoms with Gasteiger partial charge in [-0.05, 0) is 44.8 Å². The van der Waals surface area contributed by atoms with Gasteiger partial charge in [0.2, 0.25) is 0 Å². The fourth-order valence-corrected chi connectivity index (χ4v) is 4.12. The predicted octanol–water partition coefficient (Wildman–Crippen LogP) is 7.79. The first-order valence-electron chi connectivity index (χ1n) is 11.2. The maximum absolute atomic E-state index is 12.8. The molecular weight excluding hydrogens is 416 g/mol. The number of allylic oxidation sites excluding steroid dienone is 2. The van der Waals surface area contributed by atoms with Crippen molar-refractivity contribution in [3.05, 3.63) is 144 Å². The highest BCUT2D eigenvalue weighted by atomic mass is 16.1. The van der Waals surface area contributed by atoms with Crippen molar-refractivity contribution < 1.29 is 9.59 Å². The molecule has 34 heavy (non-hydrogen) atoms. The highest BCUT2D eigenvalue weighted by molar-refractivity contribution is 6.15. The van der Waals surface area contributed by atoms with Gasteiger partial charge in [0.1, 0.15) is 0 Å². The highest BCUT2D eigenvalue weighted by Gasteiger charge is 2.07. The van der Waals surface area contributed by atoms with Crippen LogP contribution in [0.25, 0.3) is 33.7 Å². The minimum atomic E-state index is -0.0264. The molecule has 0 bridgehead atoms. The van der Waals surface area contributed by atoms with Crippen LogP contribution >= 0.6 is 0 Å². The minimum absolute atomic E-state index is 0.0264. The van der Waals surface area contributed by atoms with E-state index < -0.39 is 0 Å². The van der Waals surface area contributed by atoms with Crippen molar-refractivity contribution in [3.8, 4) is 0 Å². The Balaban J connectivity index is 1.30. The Morgan fingerprint density at radius 3 is 1.26 bits per heavy atom. The molecule has 0 radical (unpaired) electrons. The van der Waals surface area contributed by atoms with E-state index in [-0.39, 0.29) is 11.6 Å². The number of rotatable bonds is 6. The number of benzene rings is 5. The number of fused-ring (bicyclic) bond motifs is 2. The van der Waals surface area contributed by atoms with Gasteiger partial charge in [0.05, 0.1) is 0 Å². The quantitative estimate of drug-likeness (QED) is 0.200. The van der Waals surface area contributed by atoms with Crippen LogP contribution in [0, 0.1) is 0 Å². The third-order valence-corrected chi connectivity index (χ3v) is 5.90. The maximum atomic E-state index is 12.8. The summed E-state index contributed by atoms with van der Waals surface area (Å²) >= 11 is 0. The molecular formula is C32H22O2. The van der Waals surface area contributed by atoms with Crippen molar-refractivity contribution in [1.29, 1.82) is 0 Å². The van der Waals surface area contributed by atoms with Crippen LogP contribution in [0.5, 0.6) is 0 Å². The zero-order valence-corrected chi connectivity index (χ0v) is 18.5. The van der Waals surface area contributed by atoms with E-state index in [1.54, 1.807) is 12.2 Å². The number of hydrogen-bond donors (Lipinski definition) is 0. The Morgan fingerprint density at radius 1 is 0.441 bits per heavy atom. The standard InChI is InChI=1S/C32H22O2/c33-31(29-13-5-9-25-7-1-3-11-27(25)29)21-19-23-15-17-24(18-16-23)20-22-32(34)30-14-6-10-26-8-2-4-12-28(26)30/h1-22H/b21-19-,22-20+.